The standard InChI is InChI=1S/C15H19FN4O2S/c1-10-12(16)4-3-5-15(10)23(21,22)20-6-11(13(17)7-20)14-8-19(2)9-18-14/h3-5,8-9,11,13H,6-7,17H2,1-2H3/t11-,13-/m1/s1. The van der Waals surface area contributed by atoms with Crippen LogP contribution in [-0.2, 0) is 17.1 Å². The van der Waals surface area contributed by atoms with E-state index in [1.807, 2.05) is 13.2 Å². The van der Waals surface area contributed by atoms with Gasteiger partial charge in [0.2, 0.25) is 10.0 Å². The third-order valence-electron chi connectivity index (χ3n) is 4.27. The van der Waals surface area contributed by atoms with Crippen molar-refractivity contribution in [3.8, 4) is 0 Å². The van der Waals surface area contributed by atoms with Gasteiger partial charge >= 0.3 is 0 Å². The summed E-state index contributed by atoms with van der Waals surface area (Å²) in [5, 5.41) is 0. The zero-order chi connectivity index (χ0) is 16.8. The summed E-state index contributed by atoms with van der Waals surface area (Å²) in [5.74, 6) is -0.698. The minimum atomic E-state index is -3.78. The fraction of sp³-hybridized carbons (Fsp3) is 0.400. The summed E-state index contributed by atoms with van der Waals surface area (Å²) in [6.45, 7) is 1.91. The van der Waals surface area contributed by atoms with Gasteiger partial charge in [0.1, 0.15) is 5.82 Å². The minimum Gasteiger partial charge on any atom is -0.340 e. The highest BCUT2D eigenvalue weighted by atomic mass is 32.2. The zero-order valence-corrected chi connectivity index (χ0v) is 13.8. The monoisotopic (exact) mass is 338 g/mol. The number of sulfonamides is 1. The Hall–Kier alpha value is -1.77. The van der Waals surface area contributed by atoms with Crippen LogP contribution in [0.25, 0.3) is 0 Å². The molecule has 1 aliphatic rings. The van der Waals surface area contributed by atoms with Gasteiger partial charge in [-0.05, 0) is 19.1 Å². The van der Waals surface area contributed by atoms with Crippen molar-refractivity contribution in [3.63, 3.8) is 0 Å². The highest BCUT2D eigenvalue weighted by molar-refractivity contribution is 7.89. The van der Waals surface area contributed by atoms with Gasteiger partial charge in [0, 0.05) is 43.9 Å². The Bertz CT molecular complexity index is 834. The third kappa shape index (κ3) is 2.77. The first kappa shape index (κ1) is 16.1. The van der Waals surface area contributed by atoms with E-state index in [4.69, 9.17) is 5.73 Å². The second kappa shape index (κ2) is 5.70. The molecule has 2 aromatic rings. The fourth-order valence-corrected chi connectivity index (χ4v) is 4.67. The highest BCUT2D eigenvalue weighted by Crippen LogP contribution is 2.31. The van der Waals surface area contributed by atoms with E-state index in [-0.39, 0.29) is 35.5 Å². The molecule has 6 nitrogen and oxygen atoms in total. The Morgan fingerprint density at radius 2 is 2.09 bits per heavy atom. The average Bonchev–Trinajstić information content (AvgIpc) is 3.08. The van der Waals surface area contributed by atoms with Crippen LogP contribution in [0.1, 0.15) is 17.2 Å². The summed E-state index contributed by atoms with van der Waals surface area (Å²) in [4.78, 5) is 4.26. The molecule has 0 radical (unpaired) electrons. The topological polar surface area (TPSA) is 81.2 Å². The second-order valence-electron chi connectivity index (χ2n) is 5.92. The predicted octanol–water partition coefficient (Wildman–Crippen LogP) is 0.983. The van der Waals surface area contributed by atoms with Gasteiger partial charge in [-0.1, -0.05) is 6.07 Å². The van der Waals surface area contributed by atoms with Crippen LogP contribution in [0.3, 0.4) is 0 Å². The van der Waals surface area contributed by atoms with Crippen molar-refractivity contribution in [1.29, 1.82) is 0 Å². The number of hydrogen-bond acceptors (Lipinski definition) is 4. The summed E-state index contributed by atoms with van der Waals surface area (Å²) >= 11 is 0. The average molecular weight is 338 g/mol. The molecule has 1 saturated heterocycles. The van der Waals surface area contributed by atoms with Crippen LogP contribution in [0.5, 0.6) is 0 Å². The maximum Gasteiger partial charge on any atom is 0.243 e. The molecule has 2 heterocycles. The Kier molecular flexibility index (Phi) is 3.99. The van der Waals surface area contributed by atoms with Gasteiger partial charge in [0.25, 0.3) is 0 Å². The molecular formula is C15H19FN4O2S. The van der Waals surface area contributed by atoms with Crippen LogP contribution in [0.4, 0.5) is 4.39 Å². The molecule has 2 atom stereocenters. The molecule has 1 aliphatic heterocycles. The first-order valence-corrected chi connectivity index (χ1v) is 8.73. The van der Waals surface area contributed by atoms with Crippen molar-refractivity contribution in [3.05, 3.63) is 47.8 Å². The number of aryl methyl sites for hydroxylation is 1. The van der Waals surface area contributed by atoms with Crippen LogP contribution in [0, 0.1) is 12.7 Å². The molecule has 3 rings (SSSR count). The van der Waals surface area contributed by atoms with E-state index in [0.29, 0.717) is 0 Å². The molecule has 1 aromatic heterocycles. The number of nitrogens with two attached hydrogens (primary N) is 1. The van der Waals surface area contributed by atoms with Crippen molar-refractivity contribution in [2.45, 2.75) is 23.8 Å². The van der Waals surface area contributed by atoms with Crippen molar-refractivity contribution in [2.75, 3.05) is 13.1 Å². The predicted molar refractivity (Wildman–Crippen MR) is 83.8 cm³/mol. The van der Waals surface area contributed by atoms with E-state index >= 15 is 0 Å². The molecule has 0 amide bonds. The van der Waals surface area contributed by atoms with E-state index in [1.165, 1.54) is 29.4 Å². The van der Waals surface area contributed by atoms with Gasteiger partial charge in [-0.2, -0.15) is 4.31 Å². The molecule has 0 saturated carbocycles. The lowest BCUT2D eigenvalue weighted by Gasteiger charge is -2.17. The molecule has 0 aliphatic carbocycles. The summed E-state index contributed by atoms with van der Waals surface area (Å²) in [5.41, 5.74) is 7.02. The first-order valence-electron chi connectivity index (χ1n) is 7.29. The van der Waals surface area contributed by atoms with Crippen molar-refractivity contribution < 1.29 is 12.8 Å². The van der Waals surface area contributed by atoms with E-state index in [1.54, 1.807) is 10.9 Å². The number of rotatable bonds is 3. The maximum atomic E-state index is 13.7. The second-order valence-corrected chi connectivity index (χ2v) is 7.83. The lowest BCUT2D eigenvalue weighted by Crippen LogP contribution is -2.32. The van der Waals surface area contributed by atoms with Gasteiger partial charge < -0.3 is 10.3 Å². The summed E-state index contributed by atoms with van der Waals surface area (Å²) < 4.78 is 42.4. The van der Waals surface area contributed by atoms with Crippen LogP contribution >= 0.6 is 0 Å². The Balaban J connectivity index is 1.92. The van der Waals surface area contributed by atoms with Crippen molar-refractivity contribution in [2.24, 2.45) is 12.8 Å². The van der Waals surface area contributed by atoms with Gasteiger partial charge in [-0.3, -0.25) is 0 Å². The molecule has 0 bridgehead atoms. The Morgan fingerprint density at radius 3 is 2.74 bits per heavy atom. The minimum absolute atomic E-state index is 0.00799. The van der Waals surface area contributed by atoms with Crippen LogP contribution < -0.4 is 5.73 Å². The zero-order valence-electron chi connectivity index (χ0n) is 13.0. The Labute approximate surface area is 134 Å². The van der Waals surface area contributed by atoms with E-state index < -0.39 is 15.8 Å². The SMILES string of the molecule is Cc1c(F)cccc1S(=O)(=O)N1C[C@@H](N)[C@H](c2cn(C)cn2)C1. The quantitative estimate of drug-likeness (QED) is 0.905. The van der Waals surface area contributed by atoms with Gasteiger partial charge in [-0.15, -0.1) is 0 Å². The lowest BCUT2D eigenvalue weighted by atomic mass is 10.0. The molecule has 1 aromatic carbocycles. The molecule has 23 heavy (non-hydrogen) atoms. The Morgan fingerprint density at radius 1 is 1.35 bits per heavy atom. The van der Waals surface area contributed by atoms with E-state index in [0.717, 1.165) is 5.69 Å². The maximum absolute atomic E-state index is 13.7. The van der Waals surface area contributed by atoms with Gasteiger partial charge in [0.05, 0.1) is 16.9 Å². The largest absolute Gasteiger partial charge is 0.340 e. The third-order valence-corrected chi connectivity index (χ3v) is 6.25. The van der Waals surface area contributed by atoms with E-state index in [2.05, 4.69) is 4.98 Å². The lowest BCUT2D eigenvalue weighted by molar-refractivity contribution is 0.468. The molecule has 2 N–H and O–H groups in total. The van der Waals surface area contributed by atoms with E-state index in [9.17, 15) is 12.8 Å². The van der Waals surface area contributed by atoms with Crippen molar-refractivity contribution >= 4 is 10.0 Å². The van der Waals surface area contributed by atoms with Crippen molar-refractivity contribution in [1.82, 2.24) is 13.9 Å². The number of aromatic nitrogens is 2. The summed E-state index contributed by atoms with van der Waals surface area (Å²) in [6, 6.07) is 3.74. The molecule has 0 unspecified atom stereocenters. The van der Waals surface area contributed by atoms with Crippen LogP contribution in [0.2, 0.25) is 0 Å². The fourth-order valence-electron chi connectivity index (χ4n) is 2.93. The number of imidazole rings is 1. The number of benzene rings is 1. The smallest absolute Gasteiger partial charge is 0.243 e. The normalized spacial score (nSPS) is 22.6. The molecule has 8 heteroatoms. The van der Waals surface area contributed by atoms with Gasteiger partial charge in [-0.25, -0.2) is 17.8 Å². The molecule has 1 fully saturated rings. The highest BCUT2D eigenvalue weighted by Gasteiger charge is 2.39. The van der Waals surface area contributed by atoms with Crippen LogP contribution in [0.15, 0.2) is 35.6 Å². The number of hydrogen-bond donors (Lipinski definition) is 1. The molecule has 124 valence electrons. The number of nitrogens with zero attached hydrogens (tertiary/aromatic N) is 3. The summed E-state index contributed by atoms with van der Waals surface area (Å²) in [6.07, 6.45) is 3.50. The molecule has 0 spiro atoms. The first-order chi connectivity index (χ1) is 10.8. The van der Waals surface area contributed by atoms with Crippen LogP contribution in [-0.4, -0.2) is 41.4 Å². The number of halogens is 1. The summed E-state index contributed by atoms with van der Waals surface area (Å²) in [7, 11) is -1.93. The molecular weight excluding hydrogens is 319 g/mol. The van der Waals surface area contributed by atoms with Gasteiger partial charge in [0.15, 0.2) is 0 Å².